The van der Waals surface area contributed by atoms with Crippen molar-refractivity contribution in [2.24, 2.45) is 0 Å². The zero-order valence-electron chi connectivity index (χ0n) is 5.53. The standard InChI is InChI=1S/C6H7NO3/c1-9-6(8)3-2-4-10-5-7/h2-3H,4H2,1H3/b3-2+. The van der Waals surface area contributed by atoms with Gasteiger partial charge < -0.3 is 9.47 Å². The number of methoxy groups -OCH3 is 1. The van der Waals surface area contributed by atoms with Gasteiger partial charge in [-0.15, -0.1) is 0 Å². The molecule has 0 rings (SSSR count). The number of ether oxygens (including phenoxy) is 2. The van der Waals surface area contributed by atoms with Gasteiger partial charge in [0.2, 0.25) is 0 Å². The van der Waals surface area contributed by atoms with Crippen molar-refractivity contribution in [2.75, 3.05) is 13.7 Å². The van der Waals surface area contributed by atoms with Gasteiger partial charge in [-0.05, 0) is 6.08 Å². The van der Waals surface area contributed by atoms with E-state index in [4.69, 9.17) is 5.26 Å². The fraction of sp³-hybridized carbons (Fsp3) is 0.333. The number of rotatable bonds is 3. The predicted molar refractivity (Wildman–Crippen MR) is 32.7 cm³/mol. The third-order valence-corrected chi connectivity index (χ3v) is 0.699. The van der Waals surface area contributed by atoms with E-state index in [-0.39, 0.29) is 6.61 Å². The summed E-state index contributed by atoms with van der Waals surface area (Å²) in [6.07, 6.45) is 4.05. The Bertz CT molecular complexity index is 168. The molecular formula is C6H7NO3. The SMILES string of the molecule is COC(=O)/C=C/COC#N. The molecule has 4 heteroatoms. The lowest BCUT2D eigenvalue weighted by molar-refractivity contribution is -0.134. The third kappa shape index (κ3) is 4.65. The summed E-state index contributed by atoms with van der Waals surface area (Å²) in [7, 11) is 1.28. The van der Waals surface area contributed by atoms with Crippen LogP contribution >= 0.6 is 0 Å². The number of esters is 1. The summed E-state index contributed by atoms with van der Waals surface area (Å²) in [6, 6.07) is 0. The van der Waals surface area contributed by atoms with Crippen molar-refractivity contribution < 1.29 is 14.3 Å². The van der Waals surface area contributed by atoms with Crippen LogP contribution in [0.15, 0.2) is 12.2 Å². The number of nitrogens with zero attached hydrogens (tertiary/aromatic N) is 1. The fourth-order valence-corrected chi connectivity index (χ4v) is 0.298. The lowest BCUT2D eigenvalue weighted by atomic mass is 10.5. The molecule has 0 fully saturated rings. The second kappa shape index (κ2) is 5.63. The molecule has 0 aromatic carbocycles. The van der Waals surface area contributed by atoms with E-state index in [2.05, 4.69) is 9.47 Å². The molecule has 0 saturated heterocycles. The molecule has 0 N–H and O–H groups in total. The van der Waals surface area contributed by atoms with E-state index in [9.17, 15) is 4.79 Å². The van der Waals surface area contributed by atoms with E-state index < -0.39 is 5.97 Å². The molecule has 0 aliphatic rings. The molecule has 0 unspecified atom stereocenters. The summed E-state index contributed by atoms with van der Waals surface area (Å²) < 4.78 is 8.51. The number of carbonyl (C=O) groups excluding carboxylic acids is 1. The average molecular weight is 141 g/mol. The van der Waals surface area contributed by atoms with Crippen molar-refractivity contribution in [3.63, 3.8) is 0 Å². The smallest absolute Gasteiger partial charge is 0.330 e. The number of nitriles is 1. The Morgan fingerprint density at radius 3 is 3.00 bits per heavy atom. The quantitative estimate of drug-likeness (QED) is 0.244. The van der Waals surface area contributed by atoms with E-state index >= 15 is 0 Å². The molecule has 0 spiro atoms. The number of hydrogen-bond donors (Lipinski definition) is 0. The van der Waals surface area contributed by atoms with Crippen LogP contribution in [0.2, 0.25) is 0 Å². The van der Waals surface area contributed by atoms with Crippen molar-refractivity contribution >= 4 is 5.97 Å². The van der Waals surface area contributed by atoms with E-state index in [1.807, 2.05) is 0 Å². The van der Waals surface area contributed by atoms with Crippen molar-refractivity contribution in [3.05, 3.63) is 12.2 Å². The molecule has 0 radical (unpaired) electrons. The van der Waals surface area contributed by atoms with Crippen LogP contribution in [0.25, 0.3) is 0 Å². The highest BCUT2D eigenvalue weighted by Crippen LogP contribution is 1.78. The Balaban J connectivity index is 3.38. The summed E-state index contributed by atoms with van der Waals surface area (Å²) >= 11 is 0. The maximum atomic E-state index is 10.3. The number of carbonyl (C=O) groups is 1. The zero-order chi connectivity index (χ0) is 7.82. The van der Waals surface area contributed by atoms with E-state index in [1.54, 1.807) is 0 Å². The second-order valence-corrected chi connectivity index (χ2v) is 1.33. The Morgan fingerprint density at radius 1 is 1.80 bits per heavy atom. The number of hydrogen-bond acceptors (Lipinski definition) is 4. The summed E-state index contributed by atoms with van der Waals surface area (Å²) in [4.78, 5) is 10.3. The van der Waals surface area contributed by atoms with Crippen molar-refractivity contribution in [3.8, 4) is 6.26 Å². The van der Waals surface area contributed by atoms with E-state index in [0.717, 1.165) is 0 Å². The van der Waals surface area contributed by atoms with Gasteiger partial charge >= 0.3 is 5.97 Å². The van der Waals surface area contributed by atoms with Crippen LogP contribution in [0, 0.1) is 11.5 Å². The van der Waals surface area contributed by atoms with Crippen LogP contribution in [0.1, 0.15) is 0 Å². The largest absolute Gasteiger partial charge is 0.466 e. The Labute approximate surface area is 58.7 Å². The molecule has 0 heterocycles. The lowest BCUT2D eigenvalue weighted by Gasteiger charge is -1.88. The molecule has 54 valence electrons. The second-order valence-electron chi connectivity index (χ2n) is 1.33. The third-order valence-electron chi connectivity index (χ3n) is 0.699. The predicted octanol–water partition coefficient (Wildman–Crippen LogP) is 0.213. The monoisotopic (exact) mass is 141 g/mol. The van der Waals surface area contributed by atoms with Gasteiger partial charge in [0, 0.05) is 6.08 Å². The molecule has 0 atom stereocenters. The average Bonchev–Trinajstić information content (AvgIpc) is 1.98. The molecule has 0 aliphatic carbocycles. The Hall–Kier alpha value is -1.50. The van der Waals surface area contributed by atoms with Gasteiger partial charge in [-0.1, -0.05) is 0 Å². The van der Waals surface area contributed by atoms with Crippen LogP contribution in [-0.2, 0) is 14.3 Å². The molecular weight excluding hydrogens is 134 g/mol. The minimum absolute atomic E-state index is 0.103. The minimum atomic E-state index is -0.457. The minimum Gasteiger partial charge on any atom is -0.466 e. The first-order valence-electron chi connectivity index (χ1n) is 2.56. The topological polar surface area (TPSA) is 59.3 Å². The molecule has 0 bridgehead atoms. The van der Waals surface area contributed by atoms with Gasteiger partial charge in [0.05, 0.1) is 7.11 Å². The van der Waals surface area contributed by atoms with Gasteiger partial charge in [0.1, 0.15) is 6.61 Å². The van der Waals surface area contributed by atoms with Gasteiger partial charge in [0.15, 0.2) is 0 Å². The van der Waals surface area contributed by atoms with Crippen LogP contribution < -0.4 is 0 Å². The van der Waals surface area contributed by atoms with E-state index in [1.165, 1.54) is 25.5 Å². The van der Waals surface area contributed by atoms with E-state index in [0.29, 0.717) is 0 Å². The van der Waals surface area contributed by atoms with Crippen LogP contribution in [0.3, 0.4) is 0 Å². The summed E-state index contributed by atoms with van der Waals surface area (Å²) in [5.74, 6) is -0.457. The maximum absolute atomic E-state index is 10.3. The summed E-state index contributed by atoms with van der Waals surface area (Å²) in [6.45, 7) is 0.103. The highest BCUT2D eigenvalue weighted by atomic mass is 16.5. The highest BCUT2D eigenvalue weighted by molar-refractivity contribution is 5.81. The molecule has 0 aromatic rings. The van der Waals surface area contributed by atoms with Crippen molar-refractivity contribution in [1.29, 1.82) is 5.26 Å². The Kier molecular flexibility index (Phi) is 4.79. The summed E-state index contributed by atoms with van der Waals surface area (Å²) in [5.41, 5.74) is 0. The van der Waals surface area contributed by atoms with Crippen LogP contribution in [0.5, 0.6) is 0 Å². The molecule has 0 aliphatic heterocycles. The molecule has 10 heavy (non-hydrogen) atoms. The maximum Gasteiger partial charge on any atom is 0.330 e. The van der Waals surface area contributed by atoms with Gasteiger partial charge in [-0.3, -0.25) is 0 Å². The highest BCUT2D eigenvalue weighted by Gasteiger charge is 1.87. The zero-order valence-corrected chi connectivity index (χ0v) is 5.53. The first-order valence-corrected chi connectivity index (χ1v) is 2.56. The van der Waals surface area contributed by atoms with Crippen LogP contribution in [-0.4, -0.2) is 19.7 Å². The fourth-order valence-electron chi connectivity index (χ4n) is 0.298. The Morgan fingerprint density at radius 2 is 2.50 bits per heavy atom. The summed E-state index contributed by atoms with van der Waals surface area (Å²) in [5, 5.41) is 7.87. The normalized spacial score (nSPS) is 8.80. The molecule has 0 amide bonds. The van der Waals surface area contributed by atoms with Gasteiger partial charge in [-0.25, -0.2) is 4.79 Å². The van der Waals surface area contributed by atoms with Crippen molar-refractivity contribution in [2.45, 2.75) is 0 Å². The van der Waals surface area contributed by atoms with Gasteiger partial charge in [0.25, 0.3) is 6.26 Å². The molecule has 4 nitrogen and oxygen atoms in total. The first-order chi connectivity index (χ1) is 4.81. The lowest BCUT2D eigenvalue weighted by Crippen LogP contribution is -1.94. The van der Waals surface area contributed by atoms with Gasteiger partial charge in [-0.2, -0.15) is 5.26 Å². The molecule has 0 aromatic heterocycles. The van der Waals surface area contributed by atoms with Crippen LogP contribution in [0.4, 0.5) is 0 Å². The molecule has 0 saturated carbocycles. The first kappa shape index (κ1) is 8.50. The van der Waals surface area contributed by atoms with Crippen molar-refractivity contribution in [1.82, 2.24) is 0 Å².